The molecule has 1 spiro atoms. The molecule has 1 aromatic heterocycles. The van der Waals surface area contributed by atoms with E-state index in [1.54, 1.807) is 10.4 Å². The third-order valence-corrected chi connectivity index (χ3v) is 8.52. The highest BCUT2D eigenvalue weighted by molar-refractivity contribution is 7.91. The van der Waals surface area contributed by atoms with E-state index < -0.39 is 10.0 Å². The molecule has 1 aliphatic heterocycles. The zero-order valence-corrected chi connectivity index (χ0v) is 14.0. The van der Waals surface area contributed by atoms with E-state index in [4.69, 9.17) is 5.73 Å². The zero-order chi connectivity index (χ0) is 14.9. The molecule has 0 unspecified atom stereocenters. The third-order valence-electron chi connectivity index (χ3n) is 5.16. The maximum Gasteiger partial charge on any atom is 0.252 e. The third kappa shape index (κ3) is 3.04. The Labute approximate surface area is 131 Å². The van der Waals surface area contributed by atoms with Crippen molar-refractivity contribution in [2.24, 2.45) is 11.1 Å². The first-order chi connectivity index (χ1) is 10.1. The molecule has 1 aliphatic carbocycles. The predicted octanol–water partition coefficient (Wildman–Crippen LogP) is 2.94. The second kappa shape index (κ2) is 5.99. The molecule has 0 bridgehead atoms. The molecule has 0 amide bonds. The molecule has 2 fully saturated rings. The van der Waals surface area contributed by atoms with Gasteiger partial charge in [0.05, 0.1) is 0 Å². The Kier molecular flexibility index (Phi) is 4.41. The van der Waals surface area contributed by atoms with Crippen LogP contribution in [0.25, 0.3) is 0 Å². The summed E-state index contributed by atoms with van der Waals surface area (Å²) < 4.78 is 27.5. The van der Waals surface area contributed by atoms with Crippen molar-refractivity contribution < 1.29 is 8.42 Å². The lowest BCUT2D eigenvalue weighted by Crippen LogP contribution is -2.43. The predicted molar refractivity (Wildman–Crippen MR) is 85.7 cm³/mol. The van der Waals surface area contributed by atoms with E-state index in [-0.39, 0.29) is 0 Å². The average Bonchev–Trinajstić information content (AvgIpc) is 2.98. The largest absolute Gasteiger partial charge is 0.326 e. The molecule has 0 radical (unpaired) electrons. The Morgan fingerprint density at radius 2 is 1.81 bits per heavy atom. The highest BCUT2D eigenvalue weighted by Gasteiger charge is 2.39. The van der Waals surface area contributed by atoms with Crippen molar-refractivity contribution in [3.8, 4) is 0 Å². The summed E-state index contributed by atoms with van der Waals surface area (Å²) in [6.45, 7) is 1.76. The van der Waals surface area contributed by atoms with E-state index in [0.29, 0.717) is 29.3 Å². The number of nitrogens with two attached hydrogens (primary N) is 1. The molecule has 6 heteroatoms. The molecule has 118 valence electrons. The normalized spacial score (nSPS) is 23.5. The summed E-state index contributed by atoms with van der Waals surface area (Å²) in [6, 6.07) is 1.73. The SMILES string of the molecule is NCc1csc(S(=O)(=O)N2CCC3(CCCCC3)CC2)c1. The number of hydrogen-bond acceptors (Lipinski definition) is 4. The molecule has 4 nitrogen and oxygen atoms in total. The molecule has 0 aromatic carbocycles. The molecule has 2 heterocycles. The number of thiophene rings is 1. The van der Waals surface area contributed by atoms with Gasteiger partial charge in [-0.25, -0.2) is 8.42 Å². The standard InChI is InChI=1S/C15H24N2O2S2/c16-11-13-10-14(20-12-13)21(18,19)17-8-6-15(7-9-17)4-2-1-3-5-15/h10,12H,1-9,11,16H2. The van der Waals surface area contributed by atoms with Gasteiger partial charge in [0.25, 0.3) is 10.0 Å². The van der Waals surface area contributed by atoms with E-state index in [2.05, 4.69) is 0 Å². The van der Waals surface area contributed by atoms with E-state index in [1.165, 1.54) is 43.4 Å². The molecular weight excluding hydrogens is 304 g/mol. The minimum atomic E-state index is -3.31. The molecule has 21 heavy (non-hydrogen) atoms. The number of hydrogen-bond donors (Lipinski definition) is 1. The van der Waals surface area contributed by atoms with Crippen molar-refractivity contribution in [1.29, 1.82) is 0 Å². The first-order valence-corrected chi connectivity index (χ1v) is 10.2. The Balaban J connectivity index is 1.70. The van der Waals surface area contributed by atoms with Crippen molar-refractivity contribution >= 4 is 21.4 Å². The second-order valence-electron chi connectivity index (χ2n) is 6.44. The monoisotopic (exact) mass is 328 g/mol. The highest BCUT2D eigenvalue weighted by atomic mass is 32.2. The Bertz CT molecular complexity index is 579. The fourth-order valence-corrected chi connectivity index (χ4v) is 6.54. The van der Waals surface area contributed by atoms with Crippen LogP contribution in [0, 0.1) is 5.41 Å². The van der Waals surface area contributed by atoms with E-state index in [0.717, 1.165) is 18.4 Å². The summed E-state index contributed by atoms with van der Waals surface area (Å²) in [5.74, 6) is 0. The van der Waals surface area contributed by atoms with Crippen LogP contribution >= 0.6 is 11.3 Å². The molecule has 2 aliphatic rings. The molecule has 1 saturated carbocycles. The Morgan fingerprint density at radius 1 is 1.14 bits per heavy atom. The first-order valence-electron chi connectivity index (χ1n) is 7.83. The van der Waals surface area contributed by atoms with Crippen LogP contribution in [0.4, 0.5) is 0 Å². The zero-order valence-electron chi connectivity index (χ0n) is 12.4. The second-order valence-corrected chi connectivity index (χ2v) is 9.52. The van der Waals surface area contributed by atoms with Crippen LogP contribution in [0.3, 0.4) is 0 Å². The lowest BCUT2D eigenvalue weighted by atomic mass is 9.68. The van der Waals surface area contributed by atoms with Gasteiger partial charge in [-0.2, -0.15) is 4.31 Å². The first kappa shape index (κ1) is 15.5. The summed E-state index contributed by atoms with van der Waals surface area (Å²) >= 11 is 1.29. The van der Waals surface area contributed by atoms with E-state index in [1.807, 2.05) is 5.38 Å². The van der Waals surface area contributed by atoms with Gasteiger partial charge >= 0.3 is 0 Å². The van der Waals surface area contributed by atoms with Crippen LogP contribution in [0.15, 0.2) is 15.7 Å². The summed E-state index contributed by atoms with van der Waals surface area (Å²) in [5, 5.41) is 1.85. The number of rotatable bonds is 3. The van der Waals surface area contributed by atoms with E-state index in [9.17, 15) is 8.42 Å². The molecular formula is C15H24N2O2S2. The minimum absolute atomic E-state index is 0.398. The lowest BCUT2D eigenvalue weighted by molar-refractivity contribution is 0.102. The summed E-state index contributed by atoms with van der Waals surface area (Å²) in [7, 11) is -3.31. The van der Waals surface area contributed by atoms with Gasteiger partial charge in [0.1, 0.15) is 4.21 Å². The maximum absolute atomic E-state index is 12.7. The van der Waals surface area contributed by atoms with Crippen LogP contribution in [-0.4, -0.2) is 25.8 Å². The highest BCUT2D eigenvalue weighted by Crippen LogP contribution is 2.45. The lowest BCUT2D eigenvalue weighted by Gasteiger charge is -2.43. The Hall–Kier alpha value is -0.430. The summed E-state index contributed by atoms with van der Waals surface area (Å²) in [5.41, 5.74) is 6.91. The summed E-state index contributed by atoms with van der Waals surface area (Å²) in [4.78, 5) is 0. The van der Waals surface area contributed by atoms with Gasteiger partial charge in [-0.1, -0.05) is 19.3 Å². The van der Waals surface area contributed by atoms with Crippen LogP contribution in [0.2, 0.25) is 0 Å². The number of sulfonamides is 1. The number of nitrogens with zero attached hydrogens (tertiary/aromatic N) is 1. The maximum atomic E-state index is 12.7. The average molecular weight is 329 g/mol. The molecule has 2 N–H and O–H groups in total. The smallest absolute Gasteiger partial charge is 0.252 e. The fraction of sp³-hybridized carbons (Fsp3) is 0.733. The molecule has 1 saturated heterocycles. The fourth-order valence-electron chi connectivity index (χ4n) is 3.73. The van der Waals surface area contributed by atoms with Crippen LogP contribution < -0.4 is 5.73 Å². The van der Waals surface area contributed by atoms with E-state index >= 15 is 0 Å². The summed E-state index contributed by atoms with van der Waals surface area (Å²) in [6.07, 6.45) is 8.62. The van der Waals surface area contributed by atoms with Crippen LogP contribution in [0.5, 0.6) is 0 Å². The van der Waals surface area contributed by atoms with Gasteiger partial charge < -0.3 is 5.73 Å². The minimum Gasteiger partial charge on any atom is -0.326 e. The van der Waals surface area contributed by atoms with Crippen molar-refractivity contribution in [2.45, 2.75) is 55.7 Å². The number of piperidine rings is 1. The van der Waals surface area contributed by atoms with Gasteiger partial charge in [-0.15, -0.1) is 11.3 Å². The van der Waals surface area contributed by atoms with Crippen molar-refractivity contribution in [1.82, 2.24) is 4.31 Å². The van der Waals surface area contributed by atoms with Gasteiger partial charge in [-0.3, -0.25) is 0 Å². The molecule has 0 atom stereocenters. The Morgan fingerprint density at radius 3 is 2.38 bits per heavy atom. The van der Waals surface area contributed by atoms with Gasteiger partial charge in [-0.05, 0) is 48.1 Å². The molecule has 1 aromatic rings. The van der Waals surface area contributed by atoms with Crippen molar-refractivity contribution in [3.63, 3.8) is 0 Å². The van der Waals surface area contributed by atoms with Gasteiger partial charge in [0, 0.05) is 19.6 Å². The van der Waals surface area contributed by atoms with Crippen molar-refractivity contribution in [2.75, 3.05) is 13.1 Å². The van der Waals surface area contributed by atoms with Crippen LogP contribution in [0.1, 0.15) is 50.5 Å². The van der Waals surface area contributed by atoms with Crippen LogP contribution in [-0.2, 0) is 16.6 Å². The topological polar surface area (TPSA) is 63.4 Å². The van der Waals surface area contributed by atoms with Crippen molar-refractivity contribution in [3.05, 3.63) is 17.0 Å². The molecule has 3 rings (SSSR count). The van der Waals surface area contributed by atoms with Gasteiger partial charge in [0.2, 0.25) is 0 Å². The quantitative estimate of drug-likeness (QED) is 0.928. The van der Waals surface area contributed by atoms with Gasteiger partial charge in [0.15, 0.2) is 0 Å².